The minimum Gasteiger partial charge on any atom is -0.329 e. The summed E-state index contributed by atoms with van der Waals surface area (Å²) < 4.78 is 2.05. The molecule has 3 rings (SSSR count). The van der Waals surface area contributed by atoms with Crippen LogP contribution in [0.3, 0.4) is 0 Å². The van der Waals surface area contributed by atoms with Crippen molar-refractivity contribution in [2.45, 2.75) is 20.0 Å². The molecule has 6 nitrogen and oxygen atoms in total. The van der Waals surface area contributed by atoms with E-state index in [4.69, 9.17) is 0 Å². The van der Waals surface area contributed by atoms with E-state index in [-0.39, 0.29) is 5.91 Å². The van der Waals surface area contributed by atoms with Crippen LogP contribution in [0.4, 0.5) is 0 Å². The number of fused-ring (bicyclic) bond motifs is 1. The molecule has 1 amide bonds. The Labute approximate surface area is 104 Å². The Kier molecular flexibility index (Phi) is 2.55. The maximum absolute atomic E-state index is 12.3. The summed E-state index contributed by atoms with van der Waals surface area (Å²) in [5.74, 6) is 1.77. The summed E-state index contributed by atoms with van der Waals surface area (Å²) in [5, 5.41) is 8.12. The van der Waals surface area contributed by atoms with E-state index >= 15 is 0 Å². The fourth-order valence-electron chi connectivity index (χ4n) is 2.15. The first-order valence-corrected chi connectivity index (χ1v) is 5.83. The van der Waals surface area contributed by atoms with Gasteiger partial charge in [-0.05, 0) is 19.1 Å². The summed E-state index contributed by atoms with van der Waals surface area (Å²) in [6.07, 6.45) is 3.26. The van der Waals surface area contributed by atoms with E-state index in [2.05, 4.69) is 19.7 Å². The Morgan fingerprint density at radius 1 is 1.22 bits per heavy atom. The van der Waals surface area contributed by atoms with Crippen molar-refractivity contribution in [2.75, 3.05) is 6.54 Å². The molecule has 0 atom stereocenters. The molecule has 18 heavy (non-hydrogen) atoms. The molecule has 1 aliphatic heterocycles. The second kappa shape index (κ2) is 4.21. The number of hydrogen-bond acceptors (Lipinski definition) is 4. The summed E-state index contributed by atoms with van der Waals surface area (Å²) in [7, 11) is 0. The average Bonchev–Trinajstić information content (AvgIpc) is 2.80. The summed E-state index contributed by atoms with van der Waals surface area (Å²) >= 11 is 0. The highest BCUT2D eigenvalue weighted by Gasteiger charge is 2.23. The molecule has 0 saturated carbocycles. The number of aryl methyl sites for hydroxylation is 1. The van der Waals surface area contributed by atoms with Crippen LogP contribution in [0.5, 0.6) is 0 Å². The van der Waals surface area contributed by atoms with E-state index in [0.29, 0.717) is 18.7 Å². The lowest BCUT2D eigenvalue weighted by Crippen LogP contribution is -2.38. The van der Waals surface area contributed by atoms with Crippen LogP contribution < -0.4 is 0 Å². The number of aromatic nitrogens is 4. The summed E-state index contributed by atoms with van der Waals surface area (Å²) in [4.78, 5) is 18.0. The third-order valence-corrected chi connectivity index (χ3v) is 3.15. The minimum absolute atomic E-state index is 0.0179. The SMILES string of the molecule is Cc1nnc2n1CCN(C(=O)c1ccncc1)C2. The van der Waals surface area contributed by atoms with Gasteiger partial charge >= 0.3 is 0 Å². The van der Waals surface area contributed by atoms with Crippen LogP contribution in [-0.4, -0.2) is 37.1 Å². The number of carbonyl (C=O) groups excluding carboxylic acids is 1. The second-order valence-electron chi connectivity index (χ2n) is 4.28. The Hall–Kier alpha value is -2.24. The van der Waals surface area contributed by atoms with Gasteiger partial charge in [0.15, 0.2) is 5.82 Å². The number of carbonyl (C=O) groups is 1. The van der Waals surface area contributed by atoms with Gasteiger partial charge in [-0.3, -0.25) is 9.78 Å². The van der Waals surface area contributed by atoms with Crippen LogP contribution >= 0.6 is 0 Å². The number of pyridine rings is 1. The Balaban J connectivity index is 1.82. The van der Waals surface area contributed by atoms with Gasteiger partial charge in [-0.2, -0.15) is 0 Å². The zero-order valence-electron chi connectivity index (χ0n) is 10.1. The van der Waals surface area contributed by atoms with Gasteiger partial charge in [-0.1, -0.05) is 0 Å². The van der Waals surface area contributed by atoms with E-state index < -0.39 is 0 Å². The summed E-state index contributed by atoms with van der Waals surface area (Å²) in [5.41, 5.74) is 0.662. The number of hydrogen-bond donors (Lipinski definition) is 0. The average molecular weight is 243 g/mol. The van der Waals surface area contributed by atoms with E-state index in [1.165, 1.54) is 0 Å². The zero-order valence-corrected chi connectivity index (χ0v) is 10.1. The molecule has 0 fully saturated rings. The normalized spacial score (nSPS) is 14.4. The molecule has 92 valence electrons. The Bertz CT molecular complexity index is 577. The molecule has 3 heterocycles. The summed E-state index contributed by atoms with van der Waals surface area (Å²) in [6, 6.07) is 3.46. The van der Waals surface area contributed by atoms with Gasteiger partial charge in [0.1, 0.15) is 5.82 Å². The van der Waals surface area contributed by atoms with E-state index in [1.54, 1.807) is 29.4 Å². The minimum atomic E-state index is 0.0179. The smallest absolute Gasteiger partial charge is 0.254 e. The molecule has 2 aromatic rings. The third kappa shape index (κ3) is 1.75. The molecule has 0 spiro atoms. The summed E-state index contributed by atoms with van der Waals surface area (Å²) in [6.45, 7) is 3.89. The lowest BCUT2D eigenvalue weighted by molar-refractivity contribution is 0.0706. The Morgan fingerprint density at radius 3 is 2.78 bits per heavy atom. The van der Waals surface area contributed by atoms with Crippen LogP contribution in [0.25, 0.3) is 0 Å². The van der Waals surface area contributed by atoms with Crippen molar-refractivity contribution in [2.24, 2.45) is 0 Å². The maximum Gasteiger partial charge on any atom is 0.254 e. The molecule has 0 radical (unpaired) electrons. The molecule has 0 aliphatic carbocycles. The van der Waals surface area contributed by atoms with Gasteiger partial charge in [-0.15, -0.1) is 10.2 Å². The topological polar surface area (TPSA) is 63.9 Å². The highest BCUT2D eigenvalue weighted by molar-refractivity contribution is 5.94. The van der Waals surface area contributed by atoms with Gasteiger partial charge in [0, 0.05) is 31.0 Å². The first kappa shape index (κ1) is 10.9. The van der Waals surface area contributed by atoms with Crippen LogP contribution in [0.1, 0.15) is 22.0 Å². The van der Waals surface area contributed by atoms with E-state index in [0.717, 1.165) is 18.2 Å². The number of amides is 1. The van der Waals surface area contributed by atoms with Crippen molar-refractivity contribution in [3.63, 3.8) is 0 Å². The van der Waals surface area contributed by atoms with E-state index in [1.807, 2.05) is 6.92 Å². The van der Waals surface area contributed by atoms with Crippen molar-refractivity contribution in [1.82, 2.24) is 24.6 Å². The van der Waals surface area contributed by atoms with Crippen molar-refractivity contribution >= 4 is 5.91 Å². The van der Waals surface area contributed by atoms with E-state index in [9.17, 15) is 4.79 Å². The van der Waals surface area contributed by atoms with Gasteiger partial charge < -0.3 is 9.47 Å². The predicted octanol–water partition coefficient (Wildman–Crippen LogP) is 0.638. The Morgan fingerprint density at radius 2 is 2.00 bits per heavy atom. The predicted molar refractivity (Wildman–Crippen MR) is 63.7 cm³/mol. The first-order chi connectivity index (χ1) is 8.75. The van der Waals surface area contributed by atoms with Gasteiger partial charge in [0.25, 0.3) is 5.91 Å². The molecule has 1 aliphatic rings. The lowest BCUT2D eigenvalue weighted by atomic mass is 10.2. The number of rotatable bonds is 1. The van der Waals surface area contributed by atoms with Gasteiger partial charge in [-0.25, -0.2) is 0 Å². The molecule has 2 aromatic heterocycles. The van der Waals surface area contributed by atoms with Crippen LogP contribution in [0.15, 0.2) is 24.5 Å². The quantitative estimate of drug-likeness (QED) is 0.737. The largest absolute Gasteiger partial charge is 0.329 e. The molecule has 0 bridgehead atoms. The van der Waals surface area contributed by atoms with Gasteiger partial charge in [0.2, 0.25) is 0 Å². The number of nitrogens with zero attached hydrogens (tertiary/aromatic N) is 5. The fourth-order valence-corrected chi connectivity index (χ4v) is 2.15. The standard InChI is InChI=1S/C12H13N5O/c1-9-14-15-11-8-16(6-7-17(9)11)12(18)10-2-4-13-5-3-10/h2-5H,6-8H2,1H3. The van der Waals surface area contributed by atoms with Crippen molar-refractivity contribution < 1.29 is 4.79 Å². The van der Waals surface area contributed by atoms with Crippen molar-refractivity contribution in [3.8, 4) is 0 Å². The molecule has 0 unspecified atom stereocenters. The highest BCUT2D eigenvalue weighted by atomic mass is 16.2. The van der Waals surface area contributed by atoms with Crippen LogP contribution in [-0.2, 0) is 13.1 Å². The third-order valence-electron chi connectivity index (χ3n) is 3.15. The molecular weight excluding hydrogens is 230 g/mol. The van der Waals surface area contributed by atoms with Crippen molar-refractivity contribution in [1.29, 1.82) is 0 Å². The lowest BCUT2D eigenvalue weighted by Gasteiger charge is -2.27. The molecular formula is C12H13N5O. The molecule has 6 heteroatoms. The molecule has 0 N–H and O–H groups in total. The fraction of sp³-hybridized carbons (Fsp3) is 0.333. The van der Waals surface area contributed by atoms with Crippen LogP contribution in [0.2, 0.25) is 0 Å². The highest BCUT2D eigenvalue weighted by Crippen LogP contribution is 2.14. The molecule has 0 aromatic carbocycles. The first-order valence-electron chi connectivity index (χ1n) is 5.83. The maximum atomic E-state index is 12.3. The second-order valence-corrected chi connectivity index (χ2v) is 4.28. The van der Waals surface area contributed by atoms with Crippen LogP contribution in [0, 0.1) is 6.92 Å². The monoisotopic (exact) mass is 243 g/mol. The van der Waals surface area contributed by atoms with Gasteiger partial charge in [0.05, 0.1) is 6.54 Å². The van der Waals surface area contributed by atoms with Crippen molar-refractivity contribution in [3.05, 3.63) is 41.7 Å². The zero-order chi connectivity index (χ0) is 12.5. The molecule has 0 saturated heterocycles.